The van der Waals surface area contributed by atoms with Gasteiger partial charge in [0.15, 0.2) is 0 Å². The lowest BCUT2D eigenvalue weighted by atomic mass is 10.0. The number of halogens is 1. The fraction of sp³-hybridized carbons (Fsp3) is 0.105. The second kappa shape index (κ2) is 7.53. The smallest absolute Gasteiger partial charge is 0.320 e. The van der Waals surface area contributed by atoms with Crippen molar-refractivity contribution >= 4 is 11.7 Å². The molecule has 25 heavy (non-hydrogen) atoms. The van der Waals surface area contributed by atoms with Crippen molar-refractivity contribution in [3.05, 3.63) is 89.8 Å². The molecule has 0 bridgehead atoms. The highest BCUT2D eigenvalue weighted by Crippen LogP contribution is 2.21. The first-order valence-electron chi connectivity index (χ1n) is 7.77. The second-order valence-electron chi connectivity index (χ2n) is 5.59. The van der Waals surface area contributed by atoms with Crippen LogP contribution in [0.25, 0.3) is 0 Å². The third-order valence-electron chi connectivity index (χ3n) is 3.63. The summed E-state index contributed by atoms with van der Waals surface area (Å²) in [6.07, 6.45) is 4.13. The third kappa shape index (κ3) is 4.38. The van der Waals surface area contributed by atoms with E-state index in [2.05, 4.69) is 20.6 Å². The van der Waals surface area contributed by atoms with Gasteiger partial charge in [0.1, 0.15) is 5.82 Å². The number of carbonyl (C=O) groups is 1. The maximum absolute atomic E-state index is 13.2. The first-order valence-corrected chi connectivity index (χ1v) is 7.77. The molecule has 2 heterocycles. The fourth-order valence-electron chi connectivity index (χ4n) is 2.41. The number of benzene rings is 1. The van der Waals surface area contributed by atoms with Crippen LogP contribution in [0, 0.1) is 12.7 Å². The van der Waals surface area contributed by atoms with Gasteiger partial charge in [0.2, 0.25) is 0 Å². The number of hydrogen-bond donors (Lipinski definition) is 2. The highest BCUT2D eigenvalue weighted by Gasteiger charge is 2.18. The van der Waals surface area contributed by atoms with Crippen molar-refractivity contribution in [2.24, 2.45) is 0 Å². The molecule has 0 aliphatic heterocycles. The zero-order valence-electron chi connectivity index (χ0n) is 13.6. The molecular weight excluding hydrogens is 319 g/mol. The molecule has 3 aromatic rings. The van der Waals surface area contributed by atoms with Gasteiger partial charge in [-0.2, -0.15) is 0 Å². The SMILES string of the molecule is Cc1ccc([C@@H](NC(=O)Nc2cncc(F)c2)c2ccccn2)cc1. The highest BCUT2D eigenvalue weighted by molar-refractivity contribution is 5.89. The number of nitrogens with one attached hydrogen (secondary N) is 2. The monoisotopic (exact) mass is 336 g/mol. The molecule has 2 amide bonds. The molecule has 0 spiro atoms. The van der Waals surface area contributed by atoms with Crippen LogP contribution in [0.5, 0.6) is 0 Å². The Morgan fingerprint density at radius 3 is 2.60 bits per heavy atom. The van der Waals surface area contributed by atoms with Gasteiger partial charge in [0, 0.05) is 12.3 Å². The molecule has 126 valence electrons. The molecule has 0 saturated carbocycles. The summed E-state index contributed by atoms with van der Waals surface area (Å²) in [6, 6.07) is 13.7. The van der Waals surface area contributed by atoms with E-state index < -0.39 is 17.9 Å². The number of carbonyl (C=O) groups excluding carboxylic acids is 1. The summed E-state index contributed by atoms with van der Waals surface area (Å²) in [7, 11) is 0. The van der Waals surface area contributed by atoms with Gasteiger partial charge in [-0.25, -0.2) is 9.18 Å². The molecule has 1 atom stereocenters. The standard InChI is InChI=1S/C19H17FN4O/c1-13-5-7-14(8-6-13)18(17-4-2-3-9-22-17)24-19(25)23-16-10-15(20)11-21-12-16/h2-12,18H,1H3,(H2,23,24,25)/t18-/m1/s1. The normalized spacial score (nSPS) is 11.6. The predicted octanol–water partition coefficient (Wildman–Crippen LogP) is 3.84. The van der Waals surface area contributed by atoms with Crippen molar-refractivity contribution < 1.29 is 9.18 Å². The lowest BCUT2D eigenvalue weighted by Crippen LogP contribution is -2.33. The molecular formula is C19H17FN4O. The van der Waals surface area contributed by atoms with Gasteiger partial charge in [0.25, 0.3) is 0 Å². The Hall–Kier alpha value is -3.28. The van der Waals surface area contributed by atoms with Crippen LogP contribution >= 0.6 is 0 Å². The zero-order valence-corrected chi connectivity index (χ0v) is 13.6. The van der Waals surface area contributed by atoms with Crippen molar-refractivity contribution in [2.75, 3.05) is 5.32 Å². The molecule has 0 aliphatic rings. The van der Waals surface area contributed by atoms with Gasteiger partial charge in [-0.1, -0.05) is 35.9 Å². The summed E-state index contributed by atoms with van der Waals surface area (Å²) in [6.45, 7) is 2.00. The van der Waals surface area contributed by atoms with Crippen LogP contribution in [0.15, 0.2) is 67.1 Å². The van der Waals surface area contributed by atoms with Gasteiger partial charge in [0.05, 0.1) is 29.8 Å². The number of rotatable bonds is 4. The first-order chi connectivity index (χ1) is 12.1. The van der Waals surface area contributed by atoms with Crippen LogP contribution in [0.2, 0.25) is 0 Å². The van der Waals surface area contributed by atoms with Crippen LogP contribution in [0.4, 0.5) is 14.9 Å². The molecule has 0 aliphatic carbocycles. The summed E-state index contributed by atoms with van der Waals surface area (Å²) in [5, 5.41) is 5.46. The first kappa shape index (κ1) is 16.6. The lowest BCUT2D eigenvalue weighted by molar-refractivity contribution is 0.250. The molecule has 1 aromatic carbocycles. The van der Waals surface area contributed by atoms with Crippen LogP contribution in [0.3, 0.4) is 0 Å². The number of anilines is 1. The Bertz CT molecular complexity index is 853. The summed E-state index contributed by atoms with van der Waals surface area (Å²) in [4.78, 5) is 20.4. The molecule has 6 heteroatoms. The van der Waals surface area contributed by atoms with Crippen molar-refractivity contribution in [3.8, 4) is 0 Å². The highest BCUT2D eigenvalue weighted by atomic mass is 19.1. The van der Waals surface area contributed by atoms with E-state index in [1.165, 1.54) is 12.3 Å². The van der Waals surface area contributed by atoms with Gasteiger partial charge in [-0.3, -0.25) is 9.97 Å². The van der Waals surface area contributed by atoms with E-state index in [1.807, 2.05) is 49.4 Å². The van der Waals surface area contributed by atoms with Gasteiger partial charge in [-0.15, -0.1) is 0 Å². The van der Waals surface area contributed by atoms with Gasteiger partial charge < -0.3 is 10.6 Å². The summed E-state index contributed by atoms with van der Waals surface area (Å²) in [5.74, 6) is -0.516. The van der Waals surface area contributed by atoms with Crippen LogP contribution in [-0.2, 0) is 0 Å². The van der Waals surface area contributed by atoms with E-state index in [0.29, 0.717) is 5.69 Å². The second-order valence-corrected chi connectivity index (χ2v) is 5.59. The number of aryl methyl sites for hydroxylation is 1. The maximum Gasteiger partial charge on any atom is 0.320 e. The molecule has 0 unspecified atom stereocenters. The third-order valence-corrected chi connectivity index (χ3v) is 3.63. The Morgan fingerprint density at radius 1 is 1.12 bits per heavy atom. The largest absolute Gasteiger partial charge is 0.325 e. The van der Waals surface area contributed by atoms with Crippen LogP contribution in [-0.4, -0.2) is 16.0 Å². The van der Waals surface area contributed by atoms with Gasteiger partial charge in [-0.05, 0) is 24.6 Å². The number of hydrogen-bond acceptors (Lipinski definition) is 3. The van der Waals surface area contributed by atoms with Crippen molar-refractivity contribution in [3.63, 3.8) is 0 Å². The number of amides is 2. The summed E-state index contributed by atoms with van der Waals surface area (Å²) in [5.41, 5.74) is 3.01. The average Bonchev–Trinajstić information content (AvgIpc) is 2.61. The average molecular weight is 336 g/mol. The number of nitrogens with zero attached hydrogens (tertiary/aromatic N) is 2. The minimum Gasteiger partial charge on any atom is -0.325 e. The molecule has 2 aromatic heterocycles. The van der Waals surface area contributed by atoms with Gasteiger partial charge >= 0.3 is 6.03 Å². The van der Waals surface area contributed by atoms with Crippen molar-refractivity contribution in [1.82, 2.24) is 15.3 Å². The quantitative estimate of drug-likeness (QED) is 0.761. The predicted molar refractivity (Wildman–Crippen MR) is 93.6 cm³/mol. The van der Waals surface area contributed by atoms with Crippen LogP contribution < -0.4 is 10.6 Å². The summed E-state index contributed by atoms with van der Waals surface area (Å²) >= 11 is 0. The Morgan fingerprint density at radius 2 is 1.92 bits per heavy atom. The Balaban J connectivity index is 1.82. The minimum absolute atomic E-state index is 0.279. The van der Waals surface area contributed by atoms with E-state index in [0.717, 1.165) is 17.3 Å². The topological polar surface area (TPSA) is 66.9 Å². The molecule has 0 saturated heterocycles. The van der Waals surface area contributed by atoms with E-state index in [9.17, 15) is 9.18 Å². The lowest BCUT2D eigenvalue weighted by Gasteiger charge is -2.19. The molecule has 3 rings (SSSR count). The fourth-order valence-corrected chi connectivity index (χ4v) is 2.41. The van der Waals surface area contributed by atoms with E-state index in [4.69, 9.17) is 0 Å². The number of aromatic nitrogens is 2. The summed E-state index contributed by atoms with van der Waals surface area (Å²) < 4.78 is 13.2. The van der Waals surface area contributed by atoms with E-state index in [1.54, 1.807) is 6.20 Å². The van der Waals surface area contributed by atoms with Crippen molar-refractivity contribution in [1.29, 1.82) is 0 Å². The zero-order chi connectivity index (χ0) is 17.6. The van der Waals surface area contributed by atoms with Crippen molar-refractivity contribution in [2.45, 2.75) is 13.0 Å². The number of urea groups is 1. The Kier molecular flexibility index (Phi) is 4.99. The minimum atomic E-state index is -0.516. The molecule has 5 nitrogen and oxygen atoms in total. The maximum atomic E-state index is 13.2. The van der Waals surface area contributed by atoms with Crippen LogP contribution in [0.1, 0.15) is 22.9 Å². The van der Waals surface area contributed by atoms with E-state index >= 15 is 0 Å². The van der Waals surface area contributed by atoms with E-state index in [-0.39, 0.29) is 5.69 Å². The molecule has 2 N–H and O–H groups in total. The Labute approximate surface area is 145 Å². The molecule has 0 fully saturated rings. The number of pyridine rings is 2. The molecule has 0 radical (unpaired) electrons.